The van der Waals surface area contributed by atoms with E-state index in [0.29, 0.717) is 5.82 Å². The summed E-state index contributed by atoms with van der Waals surface area (Å²) >= 11 is 1.80. The molecular weight excluding hydrogens is 577 g/mol. The highest BCUT2D eigenvalue weighted by Gasteiger charge is 2.14. The molecule has 6 nitrogen and oxygen atoms in total. The van der Waals surface area contributed by atoms with Crippen LogP contribution < -0.4 is 0 Å². The van der Waals surface area contributed by atoms with Gasteiger partial charge in [0.2, 0.25) is 0 Å². The zero-order valence-electron chi connectivity index (χ0n) is 23.6. The van der Waals surface area contributed by atoms with Crippen LogP contribution in [0.15, 0.2) is 131 Å². The van der Waals surface area contributed by atoms with Crippen LogP contribution in [0.2, 0.25) is 0 Å². The van der Waals surface area contributed by atoms with Crippen LogP contribution in [0.25, 0.3) is 97.8 Å². The second kappa shape index (κ2) is 9.29. The van der Waals surface area contributed by atoms with Crippen molar-refractivity contribution in [3.05, 3.63) is 122 Å². The van der Waals surface area contributed by atoms with Crippen molar-refractivity contribution in [3.63, 3.8) is 0 Å². The van der Waals surface area contributed by atoms with Crippen molar-refractivity contribution in [3.8, 4) is 33.8 Å². The van der Waals surface area contributed by atoms with E-state index in [1.807, 2.05) is 48.8 Å². The zero-order chi connectivity index (χ0) is 29.5. The van der Waals surface area contributed by atoms with Crippen LogP contribution in [0.3, 0.4) is 0 Å². The zero-order valence-corrected chi connectivity index (χ0v) is 24.4. The van der Waals surface area contributed by atoms with Crippen molar-refractivity contribution < 1.29 is 8.83 Å². The molecule has 0 radical (unpaired) electrons. The van der Waals surface area contributed by atoms with Gasteiger partial charge in [0.25, 0.3) is 0 Å². The Bertz CT molecular complexity index is 2790. The Morgan fingerprint density at radius 2 is 1.00 bits per heavy atom. The highest BCUT2D eigenvalue weighted by Crippen LogP contribution is 2.39. The molecule has 0 fully saturated rings. The van der Waals surface area contributed by atoms with Gasteiger partial charge in [-0.3, -0.25) is 9.97 Å². The topological polar surface area (TPSA) is 77.8 Å². The maximum absolute atomic E-state index is 6.00. The lowest BCUT2D eigenvalue weighted by Gasteiger charge is -2.06. The molecule has 0 aliphatic carbocycles. The Hall–Kier alpha value is -5.92. The van der Waals surface area contributed by atoms with E-state index in [9.17, 15) is 0 Å². The van der Waals surface area contributed by atoms with Crippen LogP contribution in [0.1, 0.15) is 0 Å². The molecule has 0 N–H and O–H groups in total. The highest BCUT2D eigenvalue weighted by atomic mass is 32.1. The largest absolute Gasteiger partial charge is 0.454 e. The van der Waals surface area contributed by atoms with Crippen LogP contribution in [0, 0.1) is 0 Å². The summed E-state index contributed by atoms with van der Waals surface area (Å²) in [5, 5.41) is 6.68. The molecule has 0 amide bonds. The summed E-state index contributed by atoms with van der Waals surface area (Å²) < 4.78 is 14.5. The lowest BCUT2D eigenvalue weighted by molar-refractivity contribution is 0.666. The first kappa shape index (κ1) is 24.5. The molecule has 210 valence electrons. The summed E-state index contributed by atoms with van der Waals surface area (Å²) in [7, 11) is 0. The Morgan fingerprint density at radius 3 is 1.69 bits per heavy atom. The van der Waals surface area contributed by atoms with Gasteiger partial charge in [-0.2, -0.15) is 0 Å². The molecule has 4 aromatic carbocycles. The van der Waals surface area contributed by atoms with E-state index in [-0.39, 0.29) is 0 Å². The molecule has 10 rings (SSSR count). The summed E-state index contributed by atoms with van der Waals surface area (Å²) in [6.45, 7) is 0. The molecule has 10 aromatic rings. The molecule has 6 heterocycles. The molecule has 0 aliphatic heterocycles. The van der Waals surface area contributed by atoms with Crippen LogP contribution in [-0.2, 0) is 0 Å². The number of pyridine rings is 2. The van der Waals surface area contributed by atoms with E-state index in [2.05, 4.69) is 69.5 Å². The molecule has 0 aliphatic rings. The maximum Gasteiger partial charge on any atom is 0.159 e. The van der Waals surface area contributed by atoms with Gasteiger partial charge in [-0.05, 0) is 90.0 Å². The minimum Gasteiger partial charge on any atom is -0.454 e. The van der Waals surface area contributed by atoms with Crippen molar-refractivity contribution in [2.24, 2.45) is 0 Å². The summed E-state index contributed by atoms with van der Waals surface area (Å²) in [5.74, 6) is 0.693. The molecular formula is C38H20N4O2S. The predicted octanol–water partition coefficient (Wildman–Crippen LogP) is 10.4. The molecule has 0 atom stereocenters. The van der Waals surface area contributed by atoms with E-state index < -0.39 is 0 Å². The summed E-state index contributed by atoms with van der Waals surface area (Å²) in [5.41, 5.74) is 8.44. The maximum atomic E-state index is 6.00. The van der Waals surface area contributed by atoms with Crippen LogP contribution in [0.4, 0.5) is 0 Å². The van der Waals surface area contributed by atoms with Crippen molar-refractivity contribution in [1.29, 1.82) is 0 Å². The smallest absolute Gasteiger partial charge is 0.159 e. The molecule has 7 heteroatoms. The van der Waals surface area contributed by atoms with Gasteiger partial charge >= 0.3 is 0 Å². The lowest BCUT2D eigenvalue weighted by Crippen LogP contribution is -1.91. The van der Waals surface area contributed by atoms with Gasteiger partial charge in [0.15, 0.2) is 17.0 Å². The van der Waals surface area contributed by atoms with Gasteiger partial charge in [0, 0.05) is 71.4 Å². The van der Waals surface area contributed by atoms with Gasteiger partial charge in [-0.1, -0.05) is 12.1 Å². The third-order valence-corrected chi connectivity index (χ3v) is 9.71. The fourth-order valence-corrected chi connectivity index (χ4v) is 7.42. The minimum atomic E-state index is 0.693. The van der Waals surface area contributed by atoms with Gasteiger partial charge in [-0.25, -0.2) is 9.97 Å². The molecule has 0 bridgehead atoms. The Labute approximate surface area is 259 Å². The second-order valence-corrected chi connectivity index (χ2v) is 12.2. The SMILES string of the molecule is c1cc2c(cn1)oc1ccc(-c3ccc4sc5ccc(-c6nccc(-c7ccc8oc9cnccc9c8c7)n6)cc5c4c3)cc12. The third kappa shape index (κ3) is 3.81. The predicted molar refractivity (Wildman–Crippen MR) is 181 cm³/mol. The number of fused-ring (bicyclic) bond motifs is 9. The van der Waals surface area contributed by atoms with Crippen molar-refractivity contribution >= 4 is 75.4 Å². The molecule has 6 aromatic heterocycles. The Morgan fingerprint density at radius 1 is 0.444 bits per heavy atom. The van der Waals surface area contributed by atoms with E-state index >= 15 is 0 Å². The van der Waals surface area contributed by atoms with Crippen molar-refractivity contribution in [1.82, 2.24) is 19.9 Å². The average Bonchev–Trinajstić information content (AvgIpc) is 3.78. The second-order valence-electron chi connectivity index (χ2n) is 11.2. The highest BCUT2D eigenvalue weighted by molar-refractivity contribution is 7.25. The quantitative estimate of drug-likeness (QED) is 0.202. The number of nitrogens with zero attached hydrogens (tertiary/aromatic N) is 4. The van der Waals surface area contributed by atoms with Crippen LogP contribution >= 0.6 is 11.3 Å². The number of furan rings is 2. The number of thiophene rings is 1. The van der Waals surface area contributed by atoms with Crippen LogP contribution in [0.5, 0.6) is 0 Å². The molecule has 45 heavy (non-hydrogen) atoms. The van der Waals surface area contributed by atoms with Crippen molar-refractivity contribution in [2.45, 2.75) is 0 Å². The number of rotatable bonds is 3. The monoisotopic (exact) mass is 596 g/mol. The first-order valence-corrected chi connectivity index (χ1v) is 15.4. The number of hydrogen-bond acceptors (Lipinski definition) is 7. The number of benzene rings is 4. The number of aromatic nitrogens is 4. The summed E-state index contributed by atoms with van der Waals surface area (Å²) in [6.07, 6.45) is 8.95. The normalized spacial score (nSPS) is 12.0. The van der Waals surface area contributed by atoms with E-state index in [1.54, 1.807) is 29.9 Å². The first-order chi connectivity index (χ1) is 22.2. The van der Waals surface area contributed by atoms with Crippen molar-refractivity contribution in [2.75, 3.05) is 0 Å². The van der Waals surface area contributed by atoms with Gasteiger partial charge in [-0.15, -0.1) is 11.3 Å². The lowest BCUT2D eigenvalue weighted by atomic mass is 10.0. The van der Waals surface area contributed by atoms with Gasteiger partial charge in [0.05, 0.1) is 18.1 Å². The molecule has 0 unspecified atom stereocenters. The van der Waals surface area contributed by atoms with Crippen LogP contribution in [-0.4, -0.2) is 19.9 Å². The average molecular weight is 597 g/mol. The van der Waals surface area contributed by atoms with Gasteiger partial charge in [0.1, 0.15) is 11.2 Å². The molecule has 0 saturated carbocycles. The minimum absolute atomic E-state index is 0.693. The molecule has 0 spiro atoms. The summed E-state index contributed by atoms with van der Waals surface area (Å²) in [4.78, 5) is 18.1. The summed E-state index contributed by atoms with van der Waals surface area (Å²) in [6, 6.07) is 31.7. The Kier molecular flexibility index (Phi) is 5.06. The third-order valence-electron chi connectivity index (χ3n) is 8.56. The fraction of sp³-hybridized carbons (Fsp3) is 0. The standard InChI is InChI=1S/C38H20N4O2S/c1-5-32-27(25-9-12-39-19-34(25)43-32)15-21(1)22-3-7-36-29(16-22)30-18-24(4-8-37(30)45-36)38-41-14-11-31(42-38)23-2-6-33-28(17-23)26-10-13-40-20-35(26)44-33/h1-20H. The van der Waals surface area contributed by atoms with E-state index in [1.165, 1.54) is 20.2 Å². The fourth-order valence-electron chi connectivity index (χ4n) is 6.36. The first-order valence-electron chi connectivity index (χ1n) is 14.6. The number of hydrogen-bond donors (Lipinski definition) is 0. The van der Waals surface area contributed by atoms with E-state index in [4.69, 9.17) is 13.8 Å². The van der Waals surface area contributed by atoms with E-state index in [0.717, 1.165) is 71.8 Å². The Balaban J connectivity index is 1.07. The van der Waals surface area contributed by atoms with Gasteiger partial charge < -0.3 is 8.83 Å². The molecule has 0 saturated heterocycles.